The van der Waals surface area contributed by atoms with Crippen molar-refractivity contribution in [1.29, 1.82) is 0 Å². The second kappa shape index (κ2) is 18.6. The van der Waals surface area contributed by atoms with Gasteiger partial charge < -0.3 is 33.4 Å². The van der Waals surface area contributed by atoms with E-state index in [0.29, 0.717) is 60.3 Å². The molecule has 0 bridgehead atoms. The number of aryl methyl sites for hydroxylation is 1. The summed E-state index contributed by atoms with van der Waals surface area (Å²) in [5.41, 5.74) is -5.01. The number of pyridine rings is 2. The van der Waals surface area contributed by atoms with E-state index in [0.717, 1.165) is 54.6 Å². The van der Waals surface area contributed by atoms with Crippen molar-refractivity contribution in [3.63, 3.8) is 0 Å². The lowest BCUT2D eigenvalue weighted by Crippen LogP contribution is -2.48. The van der Waals surface area contributed by atoms with Crippen LogP contribution in [0, 0.1) is 30.3 Å². The van der Waals surface area contributed by atoms with E-state index < -0.39 is 102 Å². The third-order valence-electron chi connectivity index (χ3n) is 14.4. The molecule has 378 valence electrons. The number of rotatable bonds is 12. The number of benzene rings is 3. The number of amides is 1. The van der Waals surface area contributed by atoms with Gasteiger partial charge >= 0.3 is 18.0 Å². The number of ether oxygens (including phenoxy) is 3. The molecule has 2 saturated heterocycles. The Hall–Kier alpha value is -8.42. The zero-order valence-electron chi connectivity index (χ0n) is 39.2. The van der Waals surface area contributed by atoms with E-state index in [2.05, 4.69) is 10.1 Å². The van der Waals surface area contributed by atoms with Crippen molar-refractivity contribution in [2.75, 3.05) is 38.0 Å². The Bertz CT molecular complexity index is 3320. The summed E-state index contributed by atoms with van der Waals surface area (Å²) in [5.74, 6) is -1.90. The van der Waals surface area contributed by atoms with E-state index in [1.807, 2.05) is 6.92 Å². The highest BCUT2D eigenvalue weighted by Crippen LogP contribution is 2.50. The van der Waals surface area contributed by atoms with E-state index in [4.69, 9.17) is 24.0 Å². The standard InChI is InChI=1S/C48H45N9O16/c1-3-29-30-20-28(72-47(61)52-14-10-25(11-15-52)51-12-6-5-7-13-51)8-9-36(30)49-44-33(29)22-53-39(44)21-35-34(45(53)59)23-70-46(60)48(35,4-2)73-40(58)24-71-50-43-31-16-26(54(62)63)18-37(56(66)67)41(31)42-32(43)17-27(55(64)65)19-38(42)57(68)69/h8-9,16-21,25,66-67H,3-7,10-15,22-24H2,1-2H3/b50-43-/t48-/m0/s1. The molecule has 5 aromatic rings. The first-order valence-corrected chi connectivity index (χ1v) is 23.5. The average molecular weight is 1000 g/mol. The minimum Gasteiger partial charge on any atom is -0.457 e. The molecule has 0 saturated carbocycles. The molecule has 73 heavy (non-hydrogen) atoms. The molecule has 1 atom stereocenters. The largest absolute Gasteiger partial charge is 0.457 e. The Morgan fingerprint density at radius 2 is 1.59 bits per heavy atom. The number of nitro groups is 3. The van der Waals surface area contributed by atoms with E-state index in [-0.39, 0.29) is 35.2 Å². The molecule has 1 amide bonds. The Morgan fingerprint density at radius 3 is 2.25 bits per heavy atom. The molecule has 25 nitrogen and oxygen atoms in total. The van der Waals surface area contributed by atoms with Crippen LogP contribution in [0.5, 0.6) is 5.75 Å². The fraction of sp³-hybridized carbons (Fsp3) is 0.375. The van der Waals surface area contributed by atoms with Crippen molar-refractivity contribution in [2.24, 2.45) is 5.16 Å². The van der Waals surface area contributed by atoms with Gasteiger partial charge in [-0.25, -0.2) is 19.4 Å². The van der Waals surface area contributed by atoms with Gasteiger partial charge in [-0.05, 0) is 81.4 Å². The predicted molar refractivity (Wildman–Crippen MR) is 253 cm³/mol. The number of anilines is 1. The molecule has 2 fully saturated rings. The second-order valence-electron chi connectivity index (χ2n) is 18.2. The third-order valence-corrected chi connectivity index (χ3v) is 14.4. The number of carbonyl (C=O) groups excluding carboxylic acids is 3. The van der Waals surface area contributed by atoms with Gasteiger partial charge in [0.25, 0.3) is 22.6 Å². The summed E-state index contributed by atoms with van der Waals surface area (Å²) in [6.07, 6.45) is 5.28. The van der Waals surface area contributed by atoms with Crippen LogP contribution in [0.15, 0.2) is 58.5 Å². The number of piperidine rings is 2. The first kappa shape index (κ1) is 48.2. The van der Waals surface area contributed by atoms with Crippen LogP contribution < -0.4 is 15.5 Å². The Morgan fingerprint density at radius 1 is 0.890 bits per heavy atom. The van der Waals surface area contributed by atoms with Crippen LogP contribution >= 0.6 is 0 Å². The van der Waals surface area contributed by atoms with Crippen LogP contribution in [0.2, 0.25) is 0 Å². The topological polar surface area (TPSA) is 315 Å². The molecule has 3 aromatic carbocycles. The first-order chi connectivity index (χ1) is 35.0. The van der Waals surface area contributed by atoms with Crippen LogP contribution in [0.25, 0.3) is 33.4 Å². The number of esters is 2. The number of aromatic nitrogens is 2. The first-order valence-electron chi connectivity index (χ1n) is 23.5. The number of likely N-dealkylation sites (tertiary alicyclic amines) is 2. The van der Waals surface area contributed by atoms with Crippen molar-refractivity contribution in [3.8, 4) is 28.3 Å². The van der Waals surface area contributed by atoms with Crippen molar-refractivity contribution in [3.05, 3.63) is 123 Å². The minimum absolute atomic E-state index is 0.0327. The number of oxime groups is 1. The van der Waals surface area contributed by atoms with Gasteiger partial charge in [-0.3, -0.25) is 45.6 Å². The highest BCUT2D eigenvalue weighted by atomic mass is 16.8. The van der Waals surface area contributed by atoms with Gasteiger partial charge in [0.2, 0.25) is 12.2 Å². The van der Waals surface area contributed by atoms with Gasteiger partial charge in [0, 0.05) is 70.5 Å². The number of carbonyl (C=O) groups is 3. The maximum Gasteiger partial charge on any atom is 0.415 e. The van der Waals surface area contributed by atoms with Crippen LogP contribution in [0.4, 0.5) is 27.5 Å². The van der Waals surface area contributed by atoms with Gasteiger partial charge in [-0.2, -0.15) is 0 Å². The predicted octanol–water partition coefficient (Wildman–Crippen LogP) is 6.40. The van der Waals surface area contributed by atoms with Crippen LogP contribution in [-0.2, 0) is 49.1 Å². The van der Waals surface area contributed by atoms with Gasteiger partial charge in [0.05, 0.1) is 55.4 Å². The molecule has 25 heteroatoms. The molecular formula is C48H45N9O16. The van der Waals surface area contributed by atoms with Gasteiger partial charge in [-0.15, -0.1) is 5.23 Å². The van der Waals surface area contributed by atoms with Crippen LogP contribution in [0.1, 0.15) is 85.8 Å². The van der Waals surface area contributed by atoms with Gasteiger partial charge in [-0.1, -0.05) is 25.4 Å². The van der Waals surface area contributed by atoms with E-state index in [1.54, 1.807) is 29.2 Å². The number of hydrogen-bond acceptors (Lipinski definition) is 20. The van der Waals surface area contributed by atoms with Gasteiger partial charge in [0.1, 0.15) is 23.8 Å². The van der Waals surface area contributed by atoms with Gasteiger partial charge in [0.15, 0.2) is 0 Å². The second-order valence-corrected chi connectivity index (χ2v) is 18.2. The zero-order valence-corrected chi connectivity index (χ0v) is 39.2. The molecule has 0 radical (unpaired) electrons. The third kappa shape index (κ3) is 8.19. The van der Waals surface area contributed by atoms with E-state index >= 15 is 0 Å². The monoisotopic (exact) mass is 1000 g/mol. The molecule has 2 aromatic heterocycles. The molecule has 1 aliphatic carbocycles. The Labute approximate surface area is 412 Å². The maximum atomic E-state index is 14.4. The summed E-state index contributed by atoms with van der Waals surface area (Å²) in [6, 6.07) is 10.2. The smallest absolute Gasteiger partial charge is 0.415 e. The lowest BCUT2D eigenvalue weighted by Gasteiger charge is -2.39. The highest BCUT2D eigenvalue weighted by Gasteiger charge is 2.51. The molecule has 5 aliphatic rings. The minimum atomic E-state index is -2.21. The highest BCUT2D eigenvalue weighted by molar-refractivity contribution is 6.28. The van der Waals surface area contributed by atoms with Crippen LogP contribution in [-0.4, -0.2) is 107 Å². The quantitative estimate of drug-likeness (QED) is 0.0759. The van der Waals surface area contributed by atoms with E-state index in [1.165, 1.54) is 30.8 Å². The van der Waals surface area contributed by atoms with E-state index in [9.17, 15) is 59.9 Å². The Kier molecular flexibility index (Phi) is 12.3. The summed E-state index contributed by atoms with van der Waals surface area (Å²) in [7, 11) is 0. The Balaban J connectivity index is 0.932. The lowest BCUT2D eigenvalue weighted by atomic mass is 9.85. The number of cyclic esters (lactones) is 1. The number of fused-ring (bicyclic) bond motifs is 8. The molecule has 0 unspecified atom stereocenters. The fourth-order valence-electron chi connectivity index (χ4n) is 10.9. The van der Waals surface area contributed by atoms with Crippen molar-refractivity contribution in [1.82, 2.24) is 19.4 Å². The molecule has 6 heterocycles. The van der Waals surface area contributed by atoms with Crippen molar-refractivity contribution in [2.45, 2.75) is 83.6 Å². The summed E-state index contributed by atoms with van der Waals surface area (Å²) in [5, 5.41) is 60.3. The summed E-state index contributed by atoms with van der Waals surface area (Å²) in [6.45, 7) is 5.44. The molecule has 10 rings (SSSR count). The summed E-state index contributed by atoms with van der Waals surface area (Å²) < 4.78 is 18.7. The summed E-state index contributed by atoms with van der Waals surface area (Å²) >= 11 is 0. The van der Waals surface area contributed by atoms with Crippen molar-refractivity contribution < 1.29 is 58.6 Å². The lowest BCUT2D eigenvalue weighted by molar-refractivity contribution is -0.393. The zero-order chi connectivity index (χ0) is 51.6. The SMILES string of the molecule is CCc1c2c(nc3ccc(OC(=O)N4CCC(N5CCCCC5)CC4)cc13)-c1cc3c(c(=O)n1C2)COC(=O)[C@@]3(CC)OC(=O)CO/N=C1/c2cc([N+](=O)[O-])cc(N(O)O)c2-c2c1cc([N+](=O)[O-])cc2[N+](=O)[O-]. The molecule has 2 N–H and O–H groups in total. The average Bonchev–Trinajstić information content (AvgIpc) is 3.91. The number of nitrogens with zero attached hydrogens (tertiary/aromatic N) is 9. The van der Waals surface area contributed by atoms with Crippen LogP contribution in [0.3, 0.4) is 0 Å². The molecule has 4 aliphatic heterocycles. The molecular weight excluding hydrogens is 959 g/mol. The summed E-state index contributed by atoms with van der Waals surface area (Å²) in [4.78, 5) is 103. The maximum absolute atomic E-state index is 14.4. The fourth-order valence-corrected chi connectivity index (χ4v) is 10.9. The number of nitro benzene ring substituents is 3. The number of non-ortho nitro benzene ring substituents is 2. The number of hydrogen-bond donors (Lipinski definition) is 2. The normalized spacial score (nSPS) is 18.5. The van der Waals surface area contributed by atoms with Crippen molar-refractivity contribution >= 4 is 57.4 Å². The molecule has 0 spiro atoms.